The highest BCUT2D eigenvalue weighted by Gasteiger charge is 2.58. The quantitative estimate of drug-likeness (QED) is 0.0399. The Bertz CT molecular complexity index is 4110. The molecular weight excluding hydrogens is 1230 g/mol. The molecule has 0 amide bonds. The Hall–Kier alpha value is -8.61. The fourth-order valence-corrected chi connectivity index (χ4v) is 14.2. The molecule has 91 heavy (non-hydrogen) atoms. The first-order valence-corrected chi connectivity index (χ1v) is 30.6. The van der Waals surface area contributed by atoms with E-state index in [1.54, 1.807) is 68.4 Å². The molecule has 0 fully saturated rings. The number of halogens is 8. The molecule has 0 radical (unpaired) electrons. The van der Waals surface area contributed by atoms with E-state index in [9.17, 15) is 54.7 Å². The molecule has 0 saturated carbocycles. The molecule has 484 valence electrons. The molecular formula is C66H64F8N2O14S. The molecule has 12 rings (SSSR count). The van der Waals surface area contributed by atoms with Gasteiger partial charge in [0.15, 0.2) is 40.1 Å². The summed E-state index contributed by atoms with van der Waals surface area (Å²) in [6, 6.07) is 21.4. The molecule has 6 aromatic carbocycles. The Balaban J connectivity index is 0.000000195. The van der Waals surface area contributed by atoms with Gasteiger partial charge in [-0.25, -0.2) is 18.4 Å². The summed E-state index contributed by atoms with van der Waals surface area (Å²) in [5.74, 6) is -12.4. The van der Waals surface area contributed by atoms with Crippen molar-refractivity contribution in [2.75, 3.05) is 43.3 Å². The predicted octanol–water partition coefficient (Wildman–Crippen LogP) is 14.5. The van der Waals surface area contributed by atoms with Crippen molar-refractivity contribution in [3.05, 3.63) is 164 Å². The molecule has 16 nitrogen and oxygen atoms in total. The van der Waals surface area contributed by atoms with Crippen LogP contribution in [0.3, 0.4) is 0 Å². The van der Waals surface area contributed by atoms with Crippen molar-refractivity contribution >= 4 is 45.4 Å². The van der Waals surface area contributed by atoms with Crippen molar-refractivity contribution in [3.63, 3.8) is 0 Å². The second kappa shape index (κ2) is 23.9. The maximum Gasteiger partial charge on any atom is 0.534 e. The second-order valence-electron chi connectivity index (χ2n) is 24.0. The lowest BCUT2D eigenvalue weighted by Crippen LogP contribution is -2.49. The van der Waals surface area contributed by atoms with E-state index in [-0.39, 0.29) is 88.1 Å². The highest BCUT2D eigenvalue weighted by atomic mass is 32.2. The third-order valence-corrected chi connectivity index (χ3v) is 18.3. The van der Waals surface area contributed by atoms with Crippen LogP contribution in [-0.2, 0) is 49.9 Å². The van der Waals surface area contributed by atoms with Crippen molar-refractivity contribution in [3.8, 4) is 34.5 Å². The van der Waals surface area contributed by atoms with Gasteiger partial charge in [-0.15, -0.1) is 0 Å². The van der Waals surface area contributed by atoms with E-state index in [2.05, 4.69) is 29.9 Å². The van der Waals surface area contributed by atoms with Crippen LogP contribution in [0.15, 0.2) is 84.9 Å². The Morgan fingerprint density at radius 2 is 1.05 bits per heavy atom. The number of esters is 4. The van der Waals surface area contributed by atoms with E-state index in [1.165, 1.54) is 12.1 Å². The van der Waals surface area contributed by atoms with Gasteiger partial charge in [0.05, 0.1) is 44.0 Å². The average molecular weight is 1290 g/mol. The Morgan fingerprint density at radius 1 is 0.648 bits per heavy atom. The summed E-state index contributed by atoms with van der Waals surface area (Å²) in [6.07, 6.45) is 2.87. The number of rotatable bonds is 12. The van der Waals surface area contributed by atoms with Crippen LogP contribution in [0, 0.1) is 23.3 Å². The zero-order chi connectivity index (χ0) is 66.9. The lowest BCUT2D eigenvalue weighted by Gasteiger charge is -2.48. The lowest BCUT2D eigenvalue weighted by atomic mass is 9.74. The summed E-state index contributed by atoms with van der Waals surface area (Å²) in [6.45, 7) is 17.4. The Kier molecular flexibility index (Phi) is 16.8. The number of aromatic hydroxyl groups is 1. The van der Waals surface area contributed by atoms with Crippen LogP contribution in [0.25, 0.3) is 0 Å². The molecule has 6 aliphatic rings. The summed E-state index contributed by atoms with van der Waals surface area (Å²) < 4.78 is 179. The highest BCUT2D eigenvalue weighted by Crippen LogP contribution is 2.62. The minimum absolute atomic E-state index is 0.0360. The summed E-state index contributed by atoms with van der Waals surface area (Å²) >= 11 is 0. The van der Waals surface area contributed by atoms with Crippen LogP contribution in [0.1, 0.15) is 172 Å². The number of anilines is 2. The summed E-state index contributed by atoms with van der Waals surface area (Å²) in [7, 11) is -7.49. The molecule has 2 spiro atoms. The fourth-order valence-electron chi connectivity index (χ4n) is 13.7. The van der Waals surface area contributed by atoms with Crippen LogP contribution in [-0.4, -0.2) is 87.4 Å². The first-order chi connectivity index (χ1) is 43.3. The van der Waals surface area contributed by atoms with Gasteiger partial charge in [0.1, 0.15) is 11.5 Å². The number of hydrogen-bond donors (Lipinski definition) is 1. The van der Waals surface area contributed by atoms with Crippen molar-refractivity contribution in [2.45, 2.75) is 134 Å². The average Bonchev–Trinajstić information content (AvgIpc) is 1.34. The van der Waals surface area contributed by atoms with Crippen molar-refractivity contribution in [1.82, 2.24) is 0 Å². The molecule has 1 N–H and O–H groups in total. The minimum Gasteiger partial charge on any atom is -0.503 e. The molecule has 0 aromatic heterocycles. The number of nitrogens with zero attached hydrogens (tertiary/aromatic N) is 2. The van der Waals surface area contributed by atoms with Gasteiger partial charge in [-0.1, -0.05) is 50.2 Å². The number of fused-ring (bicyclic) bond motifs is 14. The number of hydrogen-bond acceptors (Lipinski definition) is 16. The van der Waals surface area contributed by atoms with E-state index in [0.717, 1.165) is 29.3 Å². The normalized spacial score (nSPS) is 20.7. The summed E-state index contributed by atoms with van der Waals surface area (Å²) in [5, 5.41) is 10.1. The molecule has 0 saturated heterocycles. The number of carbonyl (C=O) groups excluding carboxylic acids is 4. The number of carbonyl (C=O) groups is 4. The van der Waals surface area contributed by atoms with E-state index >= 15 is 13.2 Å². The zero-order valence-corrected chi connectivity index (χ0v) is 51.4. The van der Waals surface area contributed by atoms with Gasteiger partial charge in [0, 0.05) is 82.8 Å². The Morgan fingerprint density at radius 3 is 1.47 bits per heavy atom. The van der Waals surface area contributed by atoms with Gasteiger partial charge >= 0.3 is 39.5 Å². The van der Waals surface area contributed by atoms with Crippen LogP contribution >= 0.6 is 0 Å². The zero-order valence-electron chi connectivity index (χ0n) is 51.6. The first kappa shape index (κ1) is 63.9. The summed E-state index contributed by atoms with van der Waals surface area (Å²) in [4.78, 5) is 54.8. The molecule has 0 aliphatic carbocycles. The molecule has 6 heterocycles. The number of phenolic OH excluding ortho intramolecular Hbond substituents is 1. The monoisotopic (exact) mass is 1290 g/mol. The van der Waals surface area contributed by atoms with E-state index in [4.69, 9.17) is 29.8 Å². The van der Waals surface area contributed by atoms with Crippen molar-refractivity contribution in [2.24, 2.45) is 0 Å². The topological polar surface area (TPSA) is 194 Å². The maximum atomic E-state index is 16.1. The van der Waals surface area contributed by atoms with Gasteiger partial charge < -0.3 is 47.5 Å². The van der Waals surface area contributed by atoms with Crippen LogP contribution in [0.5, 0.6) is 34.5 Å². The smallest absolute Gasteiger partial charge is 0.503 e. The van der Waals surface area contributed by atoms with Crippen LogP contribution in [0.2, 0.25) is 0 Å². The number of ether oxygens (including phenoxy) is 6. The first-order valence-electron chi connectivity index (χ1n) is 29.9. The van der Waals surface area contributed by atoms with Gasteiger partial charge in [0.25, 0.3) is 0 Å². The molecule has 4 unspecified atom stereocenters. The molecule has 6 aromatic rings. The standard InChI is InChI=1S/C33H30F5NO8S.C32H31F2NO6.CH3F/c1-5-44-26(40)11-8-12-39-24-15-25-21(13-19(24)17(2)16-31(39,3)4)32(20-10-7-6-9-18(20)30(41)46-32)22-14-23(34)29(27(35)28(22)45-25)47-48(42,43)33(36,37)38;1-5-39-26(36)11-8-12-35-24-15-25-21(13-19(24)17(2)16-31(35,3)4)32(20-10-7-6-9-18(20)30(38)41-32)22-14-23(33)28(37)27(34)29(22)40-25;1-2/h6-7,9-10,13-15,17H,5,8,11-12,16H2,1-4H3;6-7,9-10,13-15,17,37H,5,8,11-12,16H2,1-4H3;1H3/i;;1D. The SMILES string of the molecule is CCOC(=O)CCCN1c2cc3c(cc2C(C)CC1(C)C)C1(OC(=O)c2ccccc21)c1cc(F)c(O)c(F)c1O3.CCOC(=O)CCCN1c2cc3c(cc2C(C)CC1(C)C)C1(OC(=O)c2ccccc21)c1cc(F)c(OS(=O)(=O)C(F)(F)F)c(F)c1O3.[2H]CF. The molecule has 25 heteroatoms. The number of phenols is 1. The third kappa shape index (κ3) is 10.9. The molecule has 6 aliphatic heterocycles. The lowest BCUT2D eigenvalue weighted by molar-refractivity contribution is -0.144. The van der Waals surface area contributed by atoms with Gasteiger partial charge in [-0.2, -0.15) is 30.4 Å². The Labute approximate surface area is 520 Å². The van der Waals surface area contributed by atoms with Crippen molar-refractivity contribution < 1.29 is 102 Å². The number of benzene rings is 6. The van der Waals surface area contributed by atoms with Gasteiger partial charge in [-0.3, -0.25) is 14.0 Å². The second-order valence-corrected chi connectivity index (χ2v) is 25.5. The maximum absolute atomic E-state index is 16.1. The third-order valence-electron chi connectivity index (χ3n) is 17.4. The number of alkyl halides is 4. The van der Waals surface area contributed by atoms with Crippen LogP contribution < -0.4 is 23.5 Å². The van der Waals surface area contributed by atoms with Crippen molar-refractivity contribution in [1.29, 1.82) is 0 Å². The van der Waals surface area contributed by atoms with Crippen LogP contribution in [0.4, 0.5) is 46.5 Å². The van der Waals surface area contributed by atoms with Gasteiger partial charge in [0.2, 0.25) is 17.4 Å². The van der Waals surface area contributed by atoms with E-state index < -0.39 is 103 Å². The minimum atomic E-state index is -6.49. The largest absolute Gasteiger partial charge is 0.534 e. The van der Waals surface area contributed by atoms with Gasteiger partial charge in [-0.05, 0) is 127 Å². The van der Waals surface area contributed by atoms with E-state index in [1.807, 2.05) is 31.7 Å². The predicted molar refractivity (Wildman–Crippen MR) is 314 cm³/mol. The summed E-state index contributed by atoms with van der Waals surface area (Å²) in [5.41, 5.74) is -6.03. The van der Waals surface area contributed by atoms with E-state index in [0.29, 0.717) is 61.8 Å². The molecule has 0 bridgehead atoms. The molecule has 4 atom stereocenters. The fraction of sp³-hybridized carbons (Fsp3) is 0.394. The highest BCUT2D eigenvalue weighted by molar-refractivity contribution is 7.88.